The van der Waals surface area contributed by atoms with Gasteiger partial charge in [0.1, 0.15) is 17.3 Å². The smallest absolute Gasteiger partial charge is 0.431 e. The van der Waals surface area contributed by atoms with Crippen molar-refractivity contribution in [3.05, 3.63) is 55.0 Å². The second-order valence-corrected chi connectivity index (χ2v) is 5.34. The van der Waals surface area contributed by atoms with Crippen LogP contribution >= 0.6 is 15.9 Å². The third kappa shape index (κ3) is 3.03. The van der Waals surface area contributed by atoms with Gasteiger partial charge in [0.2, 0.25) is 0 Å². The summed E-state index contributed by atoms with van der Waals surface area (Å²) in [7, 11) is 2.07. The number of hydrogen-bond acceptors (Lipinski definition) is 3. The minimum absolute atomic E-state index is 0.00915. The lowest BCUT2D eigenvalue weighted by Crippen LogP contribution is -2.40. The van der Waals surface area contributed by atoms with E-state index in [1.165, 1.54) is 7.11 Å². The van der Waals surface area contributed by atoms with Gasteiger partial charge in [-0.1, -0.05) is 0 Å². The Bertz CT molecular complexity index is 886. The van der Waals surface area contributed by atoms with Gasteiger partial charge in [0.05, 0.1) is 17.3 Å². The standard InChI is InChI=1S/C13H9BrF4N2O3/c1-19-10(13(16,17)18)5-11(21)20(12(19)22)8-4-7(15)6(14)3-9(8)23-2/h3-5H,1-2H3. The van der Waals surface area contributed by atoms with Crippen LogP contribution in [0.25, 0.3) is 5.69 Å². The summed E-state index contributed by atoms with van der Waals surface area (Å²) < 4.78 is 57.8. The van der Waals surface area contributed by atoms with Crippen LogP contribution in [0.1, 0.15) is 5.69 Å². The molecule has 2 rings (SSSR count). The lowest BCUT2D eigenvalue weighted by molar-refractivity contribution is -0.144. The molecule has 0 aliphatic carbocycles. The first-order valence-electron chi connectivity index (χ1n) is 6.01. The maximum absolute atomic E-state index is 13.7. The van der Waals surface area contributed by atoms with E-state index in [0.29, 0.717) is 4.57 Å². The Morgan fingerprint density at radius 2 is 1.78 bits per heavy atom. The van der Waals surface area contributed by atoms with Crippen molar-refractivity contribution in [1.29, 1.82) is 0 Å². The molecule has 0 amide bonds. The highest BCUT2D eigenvalue weighted by atomic mass is 79.9. The van der Waals surface area contributed by atoms with Gasteiger partial charge in [-0.15, -0.1) is 0 Å². The van der Waals surface area contributed by atoms with Gasteiger partial charge < -0.3 is 4.74 Å². The van der Waals surface area contributed by atoms with Crippen molar-refractivity contribution >= 4 is 15.9 Å². The lowest BCUT2D eigenvalue weighted by Gasteiger charge is -2.15. The quantitative estimate of drug-likeness (QED) is 0.732. The number of benzene rings is 1. The predicted octanol–water partition coefficient (Wildman–Crippen LogP) is 2.47. The number of aromatic nitrogens is 2. The summed E-state index contributed by atoms with van der Waals surface area (Å²) in [4.78, 5) is 24.1. The summed E-state index contributed by atoms with van der Waals surface area (Å²) in [5, 5.41) is 0. The molecule has 124 valence electrons. The van der Waals surface area contributed by atoms with Gasteiger partial charge in [-0.05, 0) is 22.0 Å². The van der Waals surface area contributed by atoms with Crippen molar-refractivity contribution in [2.75, 3.05) is 7.11 Å². The molecule has 5 nitrogen and oxygen atoms in total. The summed E-state index contributed by atoms with van der Waals surface area (Å²) in [5.41, 5.74) is -4.22. The maximum Gasteiger partial charge on any atom is 0.431 e. The van der Waals surface area contributed by atoms with Gasteiger partial charge in [-0.25, -0.2) is 13.8 Å². The van der Waals surface area contributed by atoms with Gasteiger partial charge >= 0.3 is 11.9 Å². The highest BCUT2D eigenvalue weighted by molar-refractivity contribution is 9.10. The second-order valence-electron chi connectivity index (χ2n) is 4.48. The van der Waals surface area contributed by atoms with E-state index in [1.807, 2.05) is 0 Å². The number of halogens is 5. The number of nitrogens with zero attached hydrogens (tertiary/aromatic N) is 2. The molecule has 0 unspecified atom stereocenters. The Kier molecular flexibility index (Phi) is 4.38. The fraction of sp³-hybridized carbons (Fsp3) is 0.231. The van der Waals surface area contributed by atoms with Gasteiger partial charge in [-0.2, -0.15) is 13.2 Å². The molecule has 23 heavy (non-hydrogen) atoms. The van der Waals surface area contributed by atoms with Crippen molar-refractivity contribution in [2.24, 2.45) is 7.05 Å². The first-order valence-corrected chi connectivity index (χ1v) is 6.81. The van der Waals surface area contributed by atoms with Gasteiger partial charge in [0, 0.05) is 19.2 Å². The van der Waals surface area contributed by atoms with Crippen LogP contribution in [-0.4, -0.2) is 16.2 Å². The zero-order valence-corrected chi connectivity index (χ0v) is 13.3. The molecule has 1 heterocycles. The van der Waals surface area contributed by atoms with E-state index in [0.717, 1.165) is 19.2 Å². The Morgan fingerprint density at radius 3 is 2.30 bits per heavy atom. The fourth-order valence-corrected chi connectivity index (χ4v) is 2.30. The van der Waals surface area contributed by atoms with E-state index in [9.17, 15) is 27.2 Å². The molecule has 0 fully saturated rings. The summed E-state index contributed by atoms with van der Waals surface area (Å²) >= 11 is 2.91. The van der Waals surface area contributed by atoms with Crippen LogP contribution in [-0.2, 0) is 13.2 Å². The Labute approximate surface area is 134 Å². The predicted molar refractivity (Wildman–Crippen MR) is 76.5 cm³/mol. The van der Waals surface area contributed by atoms with Crippen molar-refractivity contribution in [1.82, 2.24) is 9.13 Å². The van der Waals surface area contributed by atoms with E-state index in [2.05, 4.69) is 15.9 Å². The van der Waals surface area contributed by atoms with E-state index in [1.54, 1.807) is 0 Å². The third-order valence-corrected chi connectivity index (χ3v) is 3.68. The first kappa shape index (κ1) is 17.3. The third-order valence-electron chi connectivity index (χ3n) is 3.07. The van der Waals surface area contributed by atoms with Crippen LogP contribution in [0.2, 0.25) is 0 Å². The van der Waals surface area contributed by atoms with Crippen molar-refractivity contribution in [3.63, 3.8) is 0 Å². The molecule has 0 saturated heterocycles. The molecule has 0 spiro atoms. The average Bonchev–Trinajstić information content (AvgIpc) is 2.45. The summed E-state index contributed by atoms with van der Waals surface area (Å²) in [5.74, 6) is -0.869. The molecule has 10 heteroatoms. The summed E-state index contributed by atoms with van der Waals surface area (Å²) in [6, 6.07) is 2.24. The zero-order valence-electron chi connectivity index (χ0n) is 11.7. The molecule has 0 aliphatic heterocycles. The molecule has 0 N–H and O–H groups in total. The number of hydrogen-bond donors (Lipinski definition) is 0. The van der Waals surface area contributed by atoms with E-state index in [4.69, 9.17) is 4.74 Å². The first-order chi connectivity index (χ1) is 10.6. The monoisotopic (exact) mass is 396 g/mol. The largest absolute Gasteiger partial charge is 0.495 e. The van der Waals surface area contributed by atoms with Gasteiger partial charge in [0.25, 0.3) is 5.56 Å². The highest BCUT2D eigenvalue weighted by Crippen LogP contribution is 2.29. The van der Waals surface area contributed by atoms with Gasteiger partial charge in [0.15, 0.2) is 0 Å². The second kappa shape index (κ2) is 5.84. The normalized spacial score (nSPS) is 11.6. The summed E-state index contributed by atoms with van der Waals surface area (Å²) in [6.07, 6.45) is -4.87. The van der Waals surface area contributed by atoms with Crippen LogP contribution in [0.15, 0.2) is 32.3 Å². The highest BCUT2D eigenvalue weighted by Gasteiger charge is 2.35. The van der Waals surface area contributed by atoms with Crippen LogP contribution in [0.5, 0.6) is 5.75 Å². The average molecular weight is 397 g/mol. The fourth-order valence-electron chi connectivity index (χ4n) is 1.98. The Hall–Kier alpha value is -2.10. The molecule has 0 aliphatic rings. The maximum atomic E-state index is 13.7. The lowest BCUT2D eigenvalue weighted by atomic mass is 10.2. The zero-order chi connectivity index (χ0) is 17.5. The molecule has 2 aromatic rings. The Balaban J connectivity index is 2.87. The number of methoxy groups -OCH3 is 1. The molecular formula is C13H9BrF4N2O3. The minimum Gasteiger partial charge on any atom is -0.495 e. The molecule has 0 radical (unpaired) electrons. The van der Waals surface area contributed by atoms with E-state index in [-0.39, 0.29) is 26.5 Å². The molecular weight excluding hydrogens is 388 g/mol. The molecule has 0 bridgehead atoms. The van der Waals surface area contributed by atoms with Crippen molar-refractivity contribution in [2.45, 2.75) is 6.18 Å². The van der Waals surface area contributed by atoms with Crippen LogP contribution in [0.4, 0.5) is 17.6 Å². The Morgan fingerprint density at radius 1 is 1.17 bits per heavy atom. The van der Waals surface area contributed by atoms with Crippen molar-refractivity contribution in [3.8, 4) is 11.4 Å². The van der Waals surface area contributed by atoms with Gasteiger partial charge in [-0.3, -0.25) is 9.36 Å². The van der Waals surface area contributed by atoms with E-state index < -0.39 is 28.9 Å². The summed E-state index contributed by atoms with van der Waals surface area (Å²) in [6.45, 7) is 0. The SMILES string of the molecule is COc1cc(Br)c(F)cc1-n1c(=O)cc(C(F)(F)F)n(C)c1=O. The van der Waals surface area contributed by atoms with E-state index >= 15 is 0 Å². The topological polar surface area (TPSA) is 53.2 Å². The molecule has 1 aromatic heterocycles. The number of ether oxygens (including phenoxy) is 1. The van der Waals surface area contributed by atoms with Crippen LogP contribution < -0.4 is 16.0 Å². The van der Waals surface area contributed by atoms with Crippen LogP contribution in [0.3, 0.4) is 0 Å². The molecule has 1 aromatic carbocycles. The minimum atomic E-state index is -4.87. The van der Waals surface area contributed by atoms with Crippen LogP contribution in [0, 0.1) is 5.82 Å². The number of rotatable bonds is 2. The molecule has 0 atom stereocenters. The molecule has 0 saturated carbocycles. The number of alkyl halides is 3. The van der Waals surface area contributed by atoms with Crippen molar-refractivity contribution < 1.29 is 22.3 Å².